The summed E-state index contributed by atoms with van der Waals surface area (Å²) >= 11 is 1.87. The van der Waals surface area contributed by atoms with Crippen molar-refractivity contribution in [2.45, 2.75) is 84.6 Å². The van der Waals surface area contributed by atoms with Gasteiger partial charge in [-0.3, -0.25) is 0 Å². The molecular weight excluding hydrogens is 264 g/mol. The Morgan fingerprint density at radius 2 is 1.70 bits per heavy atom. The van der Waals surface area contributed by atoms with E-state index in [1.165, 1.54) is 66.9 Å². The maximum atomic E-state index is 4.79. The van der Waals surface area contributed by atoms with Gasteiger partial charge in [0.25, 0.3) is 0 Å². The van der Waals surface area contributed by atoms with Crippen LogP contribution in [0.5, 0.6) is 0 Å². The molecule has 1 aromatic rings. The van der Waals surface area contributed by atoms with E-state index in [0.717, 1.165) is 6.42 Å². The third-order valence-electron chi connectivity index (χ3n) is 3.99. The second kappa shape index (κ2) is 10.3. The molecule has 0 aliphatic rings. The van der Waals surface area contributed by atoms with Crippen molar-refractivity contribution >= 4 is 11.3 Å². The summed E-state index contributed by atoms with van der Waals surface area (Å²) in [6, 6.07) is 0.453. The van der Waals surface area contributed by atoms with Crippen LogP contribution in [0.2, 0.25) is 0 Å². The van der Waals surface area contributed by atoms with Crippen molar-refractivity contribution in [3.8, 4) is 0 Å². The Bertz CT molecular complexity index is 360. The van der Waals surface area contributed by atoms with Crippen molar-refractivity contribution in [2.24, 2.45) is 0 Å². The van der Waals surface area contributed by atoms with E-state index in [1.807, 2.05) is 11.3 Å². The first-order valence-electron chi connectivity index (χ1n) is 8.36. The monoisotopic (exact) mass is 296 g/mol. The molecule has 116 valence electrons. The van der Waals surface area contributed by atoms with E-state index in [9.17, 15) is 0 Å². The van der Waals surface area contributed by atoms with Crippen LogP contribution in [-0.4, -0.2) is 12.0 Å². The number of thiazole rings is 1. The van der Waals surface area contributed by atoms with E-state index >= 15 is 0 Å². The summed E-state index contributed by atoms with van der Waals surface area (Å²) in [4.78, 5) is 6.19. The lowest BCUT2D eigenvalue weighted by atomic mass is 10.1. The highest BCUT2D eigenvalue weighted by atomic mass is 32.1. The van der Waals surface area contributed by atoms with Crippen LogP contribution in [0.4, 0.5) is 0 Å². The first-order valence-corrected chi connectivity index (χ1v) is 9.18. The van der Waals surface area contributed by atoms with Gasteiger partial charge in [0.2, 0.25) is 0 Å². The quantitative estimate of drug-likeness (QED) is 0.552. The van der Waals surface area contributed by atoms with Gasteiger partial charge < -0.3 is 5.32 Å². The van der Waals surface area contributed by atoms with Gasteiger partial charge in [0.1, 0.15) is 5.01 Å². The van der Waals surface area contributed by atoms with Crippen LogP contribution < -0.4 is 5.32 Å². The molecule has 1 unspecified atom stereocenters. The van der Waals surface area contributed by atoms with Crippen molar-refractivity contribution in [3.63, 3.8) is 0 Å². The number of nitrogens with zero attached hydrogens (tertiary/aromatic N) is 1. The number of nitrogens with one attached hydrogen (secondary N) is 1. The molecule has 0 fully saturated rings. The zero-order chi connectivity index (χ0) is 14.8. The molecule has 0 saturated carbocycles. The average molecular weight is 297 g/mol. The molecule has 0 aromatic carbocycles. The Balaban J connectivity index is 2.28. The van der Waals surface area contributed by atoms with Gasteiger partial charge in [-0.1, -0.05) is 58.8 Å². The van der Waals surface area contributed by atoms with Crippen LogP contribution in [0.25, 0.3) is 0 Å². The van der Waals surface area contributed by atoms with Crippen LogP contribution in [0, 0.1) is 6.92 Å². The number of hydrogen-bond acceptors (Lipinski definition) is 3. The van der Waals surface area contributed by atoms with Gasteiger partial charge in [0, 0.05) is 4.88 Å². The minimum atomic E-state index is 0.453. The summed E-state index contributed by atoms with van der Waals surface area (Å²) < 4.78 is 0. The van der Waals surface area contributed by atoms with Crippen LogP contribution in [0.15, 0.2) is 0 Å². The third kappa shape index (κ3) is 5.92. The van der Waals surface area contributed by atoms with Gasteiger partial charge in [0.05, 0.1) is 11.7 Å². The Kier molecular flexibility index (Phi) is 9.12. The minimum absolute atomic E-state index is 0.453. The number of unbranched alkanes of at least 4 members (excludes halogenated alkanes) is 6. The zero-order valence-electron chi connectivity index (χ0n) is 13.8. The van der Waals surface area contributed by atoms with Crippen LogP contribution >= 0.6 is 11.3 Å². The topological polar surface area (TPSA) is 24.9 Å². The van der Waals surface area contributed by atoms with E-state index in [-0.39, 0.29) is 0 Å². The molecule has 0 aliphatic carbocycles. The maximum absolute atomic E-state index is 4.79. The number of rotatable bonds is 11. The van der Waals surface area contributed by atoms with Crippen LogP contribution in [0.3, 0.4) is 0 Å². The lowest BCUT2D eigenvalue weighted by molar-refractivity contribution is 0.493. The fraction of sp³-hybridized carbons (Fsp3) is 0.824. The largest absolute Gasteiger partial charge is 0.311 e. The molecule has 1 atom stereocenters. The summed E-state index contributed by atoms with van der Waals surface area (Å²) in [5.74, 6) is 0. The van der Waals surface area contributed by atoms with Crippen LogP contribution in [0.1, 0.15) is 86.8 Å². The van der Waals surface area contributed by atoms with E-state index in [4.69, 9.17) is 4.98 Å². The SMILES string of the molecule is CCCCCCCCCC(NC)c1nc(CC)c(C)s1. The number of hydrogen-bond donors (Lipinski definition) is 1. The molecule has 1 N–H and O–H groups in total. The number of aryl methyl sites for hydroxylation is 2. The summed E-state index contributed by atoms with van der Waals surface area (Å²) in [6.45, 7) is 6.66. The molecule has 1 aromatic heterocycles. The standard InChI is InChI=1S/C17H32N2S/c1-5-7-8-9-10-11-12-13-16(18-4)17-19-15(6-2)14(3)20-17/h16,18H,5-13H2,1-4H3. The molecule has 2 nitrogen and oxygen atoms in total. The summed E-state index contributed by atoms with van der Waals surface area (Å²) in [5.41, 5.74) is 1.28. The fourth-order valence-corrected chi connectivity index (χ4v) is 3.78. The minimum Gasteiger partial charge on any atom is -0.311 e. The van der Waals surface area contributed by atoms with E-state index in [1.54, 1.807) is 0 Å². The molecule has 0 amide bonds. The zero-order valence-corrected chi connectivity index (χ0v) is 14.6. The Hall–Kier alpha value is -0.410. The van der Waals surface area contributed by atoms with Gasteiger partial charge in [-0.05, 0) is 26.8 Å². The van der Waals surface area contributed by atoms with E-state index < -0.39 is 0 Å². The molecule has 1 heterocycles. The van der Waals surface area contributed by atoms with E-state index in [0.29, 0.717) is 6.04 Å². The summed E-state index contributed by atoms with van der Waals surface area (Å²) in [6.07, 6.45) is 11.9. The molecule has 0 spiro atoms. The highest BCUT2D eigenvalue weighted by Gasteiger charge is 2.15. The smallest absolute Gasteiger partial charge is 0.110 e. The molecule has 1 rings (SSSR count). The van der Waals surface area contributed by atoms with Gasteiger partial charge in [0.15, 0.2) is 0 Å². The Morgan fingerprint density at radius 3 is 2.25 bits per heavy atom. The van der Waals surface area contributed by atoms with Crippen molar-refractivity contribution in [3.05, 3.63) is 15.6 Å². The first-order chi connectivity index (χ1) is 9.72. The van der Waals surface area contributed by atoms with Gasteiger partial charge in [-0.15, -0.1) is 11.3 Å². The average Bonchev–Trinajstić information content (AvgIpc) is 2.83. The van der Waals surface area contributed by atoms with Gasteiger partial charge in [-0.2, -0.15) is 0 Å². The lowest BCUT2D eigenvalue weighted by Crippen LogP contribution is -2.16. The highest BCUT2D eigenvalue weighted by Crippen LogP contribution is 2.27. The highest BCUT2D eigenvalue weighted by molar-refractivity contribution is 7.11. The molecule has 3 heteroatoms. The number of aromatic nitrogens is 1. The van der Waals surface area contributed by atoms with Crippen molar-refractivity contribution in [1.82, 2.24) is 10.3 Å². The maximum Gasteiger partial charge on any atom is 0.110 e. The fourth-order valence-electron chi connectivity index (χ4n) is 2.62. The predicted molar refractivity (Wildman–Crippen MR) is 90.6 cm³/mol. The molecule has 20 heavy (non-hydrogen) atoms. The molecule has 0 saturated heterocycles. The van der Waals surface area contributed by atoms with E-state index in [2.05, 4.69) is 33.1 Å². The molecule has 0 aliphatic heterocycles. The second-order valence-corrected chi connectivity index (χ2v) is 6.89. The normalized spacial score (nSPS) is 12.8. The first kappa shape index (κ1) is 17.6. The second-order valence-electron chi connectivity index (χ2n) is 5.66. The van der Waals surface area contributed by atoms with Crippen molar-refractivity contribution in [2.75, 3.05) is 7.05 Å². The van der Waals surface area contributed by atoms with Gasteiger partial charge >= 0.3 is 0 Å². The van der Waals surface area contributed by atoms with Crippen LogP contribution in [-0.2, 0) is 6.42 Å². The van der Waals surface area contributed by atoms with Gasteiger partial charge in [-0.25, -0.2) is 4.98 Å². The van der Waals surface area contributed by atoms with Crippen molar-refractivity contribution in [1.29, 1.82) is 0 Å². The Labute approximate surface area is 129 Å². The molecule has 0 radical (unpaired) electrons. The lowest BCUT2D eigenvalue weighted by Gasteiger charge is -2.13. The molecule has 0 bridgehead atoms. The summed E-state index contributed by atoms with van der Waals surface area (Å²) in [5, 5.41) is 4.73. The molecular formula is C17H32N2S. The Morgan fingerprint density at radius 1 is 1.05 bits per heavy atom. The third-order valence-corrected chi connectivity index (χ3v) is 5.11. The summed E-state index contributed by atoms with van der Waals surface area (Å²) in [7, 11) is 2.06. The predicted octanol–water partition coefficient (Wildman–Crippen LogP) is 5.42. The van der Waals surface area contributed by atoms with Crippen molar-refractivity contribution < 1.29 is 0 Å².